The SMILES string of the molecule is COc1ccc(-c2[nH]ncc2CNC(=O)Cc2cc(=O)oc3cc(C)ccc23)cc1. The fourth-order valence-corrected chi connectivity index (χ4v) is 3.37. The number of nitrogens with zero attached hydrogens (tertiary/aromatic N) is 1. The van der Waals surface area contributed by atoms with Gasteiger partial charge in [-0.05, 0) is 48.4 Å². The Balaban J connectivity index is 1.48. The first kappa shape index (κ1) is 19.4. The Morgan fingerprint density at radius 1 is 1.13 bits per heavy atom. The lowest BCUT2D eigenvalue weighted by Gasteiger charge is -2.08. The molecule has 0 spiro atoms. The van der Waals surface area contributed by atoms with E-state index < -0.39 is 5.63 Å². The van der Waals surface area contributed by atoms with E-state index in [1.165, 1.54) is 6.07 Å². The Morgan fingerprint density at radius 2 is 1.93 bits per heavy atom. The fraction of sp³-hybridized carbons (Fsp3) is 0.174. The summed E-state index contributed by atoms with van der Waals surface area (Å²) in [5.74, 6) is 0.576. The summed E-state index contributed by atoms with van der Waals surface area (Å²) in [6, 6.07) is 14.6. The number of aromatic nitrogens is 2. The van der Waals surface area contributed by atoms with Crippen LogP contribution in [0.3, 0.4) is 0 Å². The van der Waals surface area contributed by atoms with Crippen LogP contribution in [-0.4, -0.2) is 23.2 Å². The van der Waals surface area contributed by atoms with E-state index >= 15 is 0 Å². The second-order valence-corrected chi connectivity index (χ2v) is 7.04. The van der Waals surface area contributed by atoms with Gasteiger partial charge in [-0.1, -0.05) is 12.1 Å². The van der Waals surface area contributed by atoms with Crippen LogP contribution < -0.4 is 15.7 Å². The molecule has 30 heavy (non-hydrogen) atoms. The van der Waals surface area contributed by atoms with E-state index in [2.05, 4.69) is 15.5 Å². The maximum Gasteiger partial charge on any atom is 0.336 e. The first-order valence-electron chi connectivity index (χ1n) is 9.50. The van der Waals surface area contributed by atoms with Gasteiger partial charge >= 0.3 is 5.63 Å². The van der Waals surface area contributed by atoms with Crippen molar-refractivity contribution in [3.05, 3.63) is 81.8 Å². The summed E-state index contributed by atoms with van der Waals surface area (Å²) in [4.78, 5) is 24.4. The number of nitrogens with one attached hydrogen (secondary N) is 2. The minimum Gasteiger partial charge on any atom is -0.497 e. The van der Waals surface area contributed by atoms with Crippen molar-refractivity contribution in [3.8, 4) is 17.0 Å². The molecule has 0 aliphatic rings. The van der Waals surface area contributed by atoms with Crippen molar-refractivity contribution in [1.29, 1.82) is 0 Å². The third kappa shape index (κ3) is 4.10. The minimum atomic E-state index is -0.465. The van der Waals surface area contributed by atoms with Gasteiger partial charge in [-0.25, -0.2) is 4.79 Å². The monoisotopic (exact) mass is 403 g/mol. The number of fused-ring (bicyclic) bond motifs is 1. The highest BCUT2D eigenvalue weighted by atomic mass is 16.5. The highest BCUT2D eigenvalue weighted by Crippen LogP contribution is 2.24. The molecule has 0 radical (unpaired) electrons. The van der Waals surface area contributed by atoms with Crippen molar-refractivity contribution in [1.82, 2.24) is 15.5 Å². The number of rotatable bonds is 6. The third-order valence-corrected chi connectivity index (χ3v) is 4.91. The molecule has 2 aromatic heterocycles. The highest BCUT2D eigenvalue weighted by Gasteiger charge is 2.13. The van der Waals surface area contributed by atoms with Gasteiger partial charge in [0, 0.05) is 29.1 Å². The van der Waals surface area contributed by atoms with Crippen molar-refractivity contribution < 1.29 is 13.9 Å². The maximum absolute atomic E-state index is 12.6. The smallest absolute Gasteiger partial charge is 0.336 e. The van der Waals surface area contributed by atoms with Crippen LogP contribution in [0.5, 0.6) is 5.75 Å². The number of carbonyl (C=O) groups excluding carboxylic acids is 1. The molecular weight excluding hydrogens is 382 g/mol. The number of hydrogen-bond donors (Lipinski definition) is 2. The molecule has 2 aromatic carbocycles. The van der Waals surface area contributed by atoms with Crippen LogP contribution in [0.2, 0.25) is 0 Å². The molecule has 0 fully saturated rings. The van der Waals surface area contributed by atoms with Gasteiger partial charge < -0.3 is 14.5 Å². The predicted molar refractivity (Wildman–Crippen MR) is 113 cm³/mol. The Labute approximate surface area is 172 Å². The van der Waals surface area contributed by atoms with E-state index in [4.69, 9.17) is 9.15 Å². The van der Waals surface area contributed by atoms with Gasteiger partial charge in [0.15, 0.2) is 0 Å². The van der Waals surface area contributed by atoms with Crippen LogP contribution in [-0.2, 0) is 17.8 Å². The molecule has 0 aliphatic heterocycles. The largest absolute Gasteiger partial charge is 0.497 e. The molecule has 0 aliphatic carbocycles. The molecule has 0 saturated carbocycles. The standard InChI is InChI=1S/C23H21N3O4/c1-14-3-8-19-16(11-22(28)30-20(19)9-14)10-21(27)24-12-17-13-25-26-23(17)15-4-6-18(29-2)7-5-15/h3-9,11,13H,10,12H2,1-2H3,(H,24,27)(H,25,26). The van der Waals surface area contributed by atoms with Gasteiger partial charge in [-0.15, -0.1) is 0 Å². The van der Waals surface area contributed by atoms with E-state index in [0.717, 1.165) is 33.5 Å². The lowest BCUT2D eigenvalue weighted by atomic mass is 10.0. The van der Waals surface area contributed by atoms with E-state index in [0.29, 0.717) is 17.7 Å². The van der Waals surface area contributed by atoms with Crippen LogP contribution in [0.4, 0.5) is 0 Å². The van der Waals surface area contributed by atoms with Crippen molar-refractivity contribution in [3.63, 3.8) is 0 Å². The van der Waals surface area contributed by atoms with Crippen LogP contribution in [0.25, 0.3) is 22.2 Å². The minimum absolute atomic E-state index is 0.0842. The molecule has 0 unspecified atom stereocenters. The average molecular weight is 403 g/mol. The first-order chi connectivity index (χ1) is 14.5. The fourth-order valence-electron chi connectivity index (χ4n) is 3.37. The quantitative estimate of drug-likeness (QED) is 0.481. The zero-order chi connectivity index (χ0) is 21.1. The molecule has 0 bridgehead atoms. The van der Waals surface area contributed by atoms with Crippen LogP contribution in [0.1, 0.15) is 16.7 Å². The molecular formula is C23H21N3O4. The number of ether oxygens (including phenoxy) is 1. The van der Waals surface area contributed by atoms with E-state index in [-0.39, 0.29) is 12.3 Å². The van der Waals surface area contributed by atoms with E-state index in [1.54, 1.807) is 19.4 Å². The molecule has 152 valence electrons. The number of methoxy groups -OCH3 is 1. The lowest BCUT2D eigenvalue weighted by molar-refractivity contribution is -0.120. The molecule has 2 heterocycles. The molecule has 1 amide bonds. The zero-order valence-corrected chi connectivity index (χ0v) is 16.7. The normalized spacial score (nSPS) is 10.9. The third-order valence-electron chi connectivity index (χ3n) is 4.91. The summed E-state index contributed by atoms with van der Waals surface area (Å²) in [7, 11) is 1.62. The van der Waals surface area contributed by atoms with E-state index in [9.17, 15) is 9.59 Å². The highest BCUT2D eigenvalue weighted by molar-refractivity contribution is 5.87. The van der Waals surface area contributed by atoms with Crippen molar-refractivity contribution >= 4 is 16.9 Å². The second-order valence-electron chi connectivity index (χ2n) is 7.04. The van der Waals surface area contributed by atoms with Gasteiger partial charge in [0.25, 0.3) is 0 Å². The molecule has 4 rings (SSSR count). The number of H-pyrrole nitrogens is 1. The lowest BCUT2D eigenvalue weighted by Crippen LogP contribution is -2.25. The van der Waals surface area contributed by atoms with Crippen LogP contribution in [0.15, 0.2) is 63.9 Å². The average Bonchev–Trinajstić information content (AvgIpc) is 3.20. The van der Waals surface area contributed by atoms with Crippen LogP contribution >= 0.6 is 0 Å². The summed E-state index contributed by atoms with van der Waals surface area (Å²) < 4.78 is 10.4. The van der Waals surface area contributed by atoms with Crippen LogP contribution in [0, 0.1) is 6.92 Å². The van der Waals surface area contributed by atoms with Gasteiger partial charge in [-0.2, -0.15) is 5.10 Å². The molecule has 7 heteroatoms. The second kappa shape index (κ2) is 8.24. The Morgan fingerprint density at radius 3 is 2.70 bits per heavy atom. The molecule has 0 atom stereocenters. The number of aromatic amines is 1. The number of amides is 1. The van der Waals surface area contributed by atoms with Gasteiger partial charge in [0.05, 0.1) is 25.4 Å². The molecule has 0 saturated heterocycles. The van der Waals surface area contributed by atoms with Gasteiger partial charge in [-0.3, -0.25) is 9.89 Å². The van der Waals surface area contributed by atoms with Gasteiger partial charge in [0.2, 0.25) is 5.91 Å². The number of hydrogen-bond acceptors (Lipinski definition) is 5. The zero-order valence-electron chi connectivity index (χ0n) is 16.7. The Bertz CT molecular complexity index is 1260. The van der Waals surface area contributed by atoms with Crippen molar-refractivity contribution in [2.75, 3.05) is 7.11 Å². The predicted octanol–water partition coefficient (Wildman–Crippen LogP) is 3.36. The first-order valence-corrected chi connectivity index (χ1v) is 9.50. The molecule has 4 aromatic rings. The van der Waals surface area contributed by atoms with Crippen molar-refractivity contribution in [2.24, 2.45) is 0 Å². The maximum atomic E-state index is 12.6. The topological polar surface area (TPSA) is 97.2 Å². The summed E-state index contributed by atoms with van der Waals surface area (Å²) >= 11 is 0. The number of aryl methyl sites for hydroxylation is 1. The molecule has 7 nitrogen and oxygen atoms in total. The summed E-state index contributed by atoms with van der Waals surface area (Å²) in [5.41, 5.74) is 4.29. The van der Waals surface area contributed by atoms with E-state index in [1.807, 2.05) is 43.3 Å². The number of benzene rings is 2. The van der Waals surface area contributed by atoms with Gasteiger partial charge in [0.1, 0.15) is 11.3 Å². The summed E-state index contributed by atoms with van der Waals surface area (Å²) in [6.45, 7) is 2.24. The molecule has 2 N–H and O–H groups in total. The summed E-state index contributed by atoms with van der Waals surface area (Å²) in [6.07, 6.45) is 1.77. The Kier molecular flexibility index (Phi) is 5.34. The summed E-state index contributed by atoms with van der Waals surface area (Å²) in [5, 5.41) is 10.7. The number of carbonyl (C=O) groups is 1. The Hall–Kier alpha value is -3.87. The van der Waals surface area contributed by atoms with Crippen molar-refractivity contribution in [2.45, 2.75) is 19.9 Å².